The van der Waals surface area contributed by atoms with Gasteiger partial charge in [-0.3, -0.25) is 4.79 Å². The molecule has 11 heteroatoms. The van der Waals surface area contributed by atoms with Crippen LogP contribution in [0.3, 0.4) is 0 Å². The van der Waals surface area contributed by atoms with Gasteiger partial charge in [-0.25, -0.2) is 0 Å². The summed E-state index contributed by atoms with van der Waals surface area (Å²) in [5.74, 6) is -2.60. The Balaban J connectivity index is 2.06. The third-order valence-electron chi connectivity index (χ3n) is 11.2. The molecule has 3 aliphatic heterocycles. The van der Waals surface area contributed by atoms with Crippen molar-refractivity contribution in [1.29, 1.82) is 0 Å². The molecule has 3 saturated heterocycles. The topological polar surface area (TPSA) is 142 Å². The number of epoxide rings is 1. The summed E-state index contributed by atoms with van der Waals surface area (Å²) in [5.41, 5.74) is -3.08. The second-order valence-electron chi connectivity index (χ2n) is 15.1. The van der Waals surface area contributed by atoms with Crippen molar-refractivity contribution in [3.63, 3.8) is 0 Å². The Kier molecular flexibility index (Phi) is 13.3. The molecule has 268 valence electrons. The number of rotatable bonds is 10. The number of nitrogens with one attached hydrogen (secondary N) is 1. The van der Waals surface area contributed by atoms with E-state index in [-0.39, 0.29) is 30.1 Å². The number of carbonyl (C=O) groups is 1. The number of carbonyl (C=O) groups excluding carboxylic acids is 1. The van der Waals surface area contributed by atoms with Gasteiger partial charge in [0.05, 0.1) is 41.5 Å². The fourth-order valence-corrected chi connectivity index (χ4v) is 8.36. The fraction of sp³-hybridized carbons (Fsp3) is 0.914. The molecule has 11 nitrogen and oxygen atoms in total. The number of cyclic esters (lactones) is 1. The van der Waals surface area contributed by atoms with Crippen LogP contribution < -0.4 is 5.32 Å². The van der Waals surface area contributed by atoms with Gasteiger partial charge in [-0.05, 0) is 86.9 Å². The van der Waals surface area contributed by atoms with Crippen LogP contribution in [0.4, 0.5) is 0 Å². The van der Waals surface area contributed by atoms with Gasteiger partial charge in [-0.15, -0.1) is 6.58 Å². The van der Waals surface area contributed by atoms with Crippen LogP contribution in [0.1, 0.15) is 81.1 Å². The average Bonchev–Trinajstić information content (AvgIpc) is 3.69. The number of methoxy groups -OCH3 is 1. The standard InChI is InChI=1S/C35H64N2O9/c1-13-16-36-17-15-25-34(8,41)26(14-2)44-31(40)23(6)27(38)22(5)30(33(7,42-12)19-20(3)29-35(25,9)46-29)45-32-28(39)24(37(10)11)18-21(4)43-32/h13,20-30,32,36,38-39,41H,1,14-19H2,2-12H3/t20-,21-,22+,23-,24+,25+,26-,27-,28-,29?,30-,32+,33-,34+,35?/m1/s1. The lowest BCUT2D eigenvalue weighted by Crippen LogP contribution is -2.60. The highest BCUT2D eigenvalue weighted by atomic mass is 16.7. The van der Waals surface area contributed by atoms with Crippen LogP contribution in [0.25, 0.3) is 0 Å². The Morgan fingerprint density at radius 1 is 1.13 bits per heavy atom. The Morgan fingerprint density at radius 2 is 1.78 bits per heavy atom. The molecule has 0 bridgehead atoms. The van der Waals surface area contributed by atoms with Gasteiger partial charge in [0.15, 0.2) is 6.29 Å². The number of nitrogens with zero attached hydrogens (tertiary/aromatic N) is 1. The van der Waals surface area contributed by atoms with Gasteiger partial charge in [0.25, 0.3) is 0 Å². The van der Waals surface area contributed by atoms with Crippen molar-refractivity contribution < 1.29 is 43.8 Å². The van der Waals surface area contributed by atoms with E-state index in [9.17, 15) is 20.1 Å². The predicted octanol–water partition coefficient (Wildman–Crippen LogP) is 2.89. The van der Waals surface area contributed by atoms with Gasteiger partial charge in [0.2, 0.25) is 0 Å². The Bertz CT molecular complexity index is 1010. The van der Waals surface area contributed by atoms with Gasteiger partial charge in [-0.2, -0.15) is 0 Å². The molecular formula is C35H64N2O9. The fourth-order valence-electron chi connectivity index (χ4n) is 8.36. The number of aliphatic hydroxyl groups is 3. The highest BCUT2D eigenvalue weighted by molar-refractivity contribution is 5.73. The molecule has 3 aliphatic rings. The predicted molar refractivity (Wildman–Crippen MR) is 176 cm³/mol. The van der Waals surface area contributed by atoms with Gasteiger partial charge in [0.1, 0.15) is 17.8 Å². The molecule has 0 aliphatic carbocycles. The number of esters is 1. The summed E-state index contributed by atoms with van der Waals surface area (Å²) in [7, 11) is 5.45. The number of fused-ring (bicyclic) bond motifs is 1. The van der Waals surface area contributed by atoms with E-state index in [0.717, 1.165) is 0 Å². The Labute approximate surface area is 277 Å². The quantitative estimate of drug-likeness (QED) is 0.119. The van der Waals surface area contributed by atoms with Crippen molar-refractivity contribution in [2.75, 3.05) is 34.3 Å². The van der Waals surface area contributed by atoms with Crippen molar-refractivity contribution in [3.8, 4) is 0 Å². The molecule has 3 fully saturated rings. The van der Waals surface area contributed by atoms with E-state index < -0.39 is 65.3 Å². The molecule has 0 amide bonds. The molecular weight excluding hydrogens is 592 g/mol. The van der Waals surface area contributed by atoms with Crippen molar-refractivity contribution in [2.45, 2.75) is 147 Å². The molecule has 0 saturated carbocycles. The van der Waals surface area contributed by atoms with Crippen LogP contribution in [0.2, 0.25) is 0 Å². The summed E-state index contributed by atoms with van der Waals surface area (Å²) in [6.07, 6.45) is -1.20. The van der Waals surface area contributed by atoms with E-state index in [1.807, 2.05) is 53.6 Å². The average molecular weight is 657 g/mol. The third kappa shape index (κ3) is 8.17. The zero-order chi connectivity index (χ0) is 34.8. The summed E-state index contributed by atoms with van der Waals surface area (Å²) >= 11 is 0. The first-order chi connectivity index (χ1) is 21.4. The largest absolute Gasteiger partial charge is 0.459 e. The highest BCUT2D eigenvalue weighted by Crippen LogP contribution is 2.54. The minimum atomic E-state index is -1.41. The number of ether oxygens (including phenoxy) is 5. The third-order valence-corrected chi connectivity index (χ3v) is 11.2. The molecule has 0 spiro atoms. The Hall–Kier alpha value is -1.15. The van der Waals surface area contributed by atoms with E-state index in [0.29, 0.717) is 38.8 Å². The van der Waals surface area contributed by atoms with E-state index >= 15 is 0 Å². The number of likely N-dealkylation sites (N-methyl/N-ethyl adjacent to an activating group) is 1. The van der Waals surface area contributed by atoms with Crippen LogP contribution in [-0.4, -0.2) is 126 Å². The Morgan fingerprint density at radius 3 is 2.35 bits per heavy atom. The van der Waals surface area contributed by atoms with Crippen LogP contribution in [0, 0.1) is 23.7 Å². The van der Waals surface area contributed by atoms with E-state index in [4.69, 9.17) is 23.7 Å². The maximum atomic E-state index is 13.7. The lowest BCUT2D eigenvalue weighted by atomic mass is 9.69. The molecule has 0 aromatic rings. The molecule has 46 heavy (non-hydrogen) atoms. The van der Waals surface area contributed by atoms with Crippen LogP contribution in [0.15, 0.2) is 12.7 Å². The molecule has 4 N–H and O–H groups in total. The summed E-state index contributed by atoms with van der Waals surface area (Å²) in [5, 5.41) is 38.6. The van der Waals surface area contributed by atoms with E-state index in [2.05, 4.69) is 18.8 Å². The van der Waals surface area contributed by atoms with E-state index in [1.165, 1.54) is 0 Å². The van der Waals surface area contributed by atoms with Crippen molar-refractivity contribution in [1.82, 2.24) is 10.2 Å². The van der Waals surface area contributed by atoms with Crippen LogP contribution >= 0.6 is 0 Å². The molecule has 2 unspecified atom stereocenters. The van der Waals surface area contributed by atoms with Crippen LogP contribution in [0.5, 0.6) is 0 Å². The van der Waals surface area contributed by atoms with Crippen molar-refractivity contribution in [3.05, 3.63) is 12.7 Å². The molecule has 0 aromatic heterocycles. The van der Waals surface area contributed by atoms with Crippen molar-refractivity contribution in [2.24, 2.45) is 23.7 Å². The molecule has 3 heterocycles. The first-order valence-electron chi connectivity index (χ1n) is 17.2. The minimum absolute atomic E-state index is 0.0431. The zero-order valence-corrected chi connectivity index (χ0v) is 30.2. The minimum Gasteiger partial charge on any atom is -0.459 e. The van der Waals surface area contributed by atoms with E-state index in [1.54, 1.807) is 27.0 Å². The summed E-state index contributed by atoms with van der Waals surface area (Å²) in [6.45, 7) is 20.1. The second-order valence-corrected chi connectivity index (χ2v) is 15.1. The van der Waals surface area contributed by atoms with Gasteiger partial charge in [-0.1, -0.05) is 26.8 Å². The molecule has 0 aromatic carbocycles. The monoisotopic (exact) mass is 656 g/mol. The van der Waals surface area contributed by atoms with Gasteiger partial charge in [0, 0.05) is 31.5 Å². The first kappa shape index (κ1) is 39.3. The maximum Gasteiger partial charge on any atom is 0.311 e. The first-order valence-corrected chi connectivity index (χ1v) is 17.2. The van der Waals surface area contributed by atoms with Crippen LogP contribution in [-0.2, 0) is 28.5 Å². The SMILES string of the molecule is C=CCNCC[C@@H]1C2(C)OC2[C@H](C)C[C@@](C)(OC)[C@H](O[C@@H]2O[C@H](C)C[C@H](N(C)C)[C@H]2O)[C@@H](C)[C@@H](O)[C@@H](C)C(=O)O[C@H](CC)[C@@]1(C)O. The highest BCUT2D eigenvalue weighted by Gasteiger charge is 2.65. The summed E-state index contributed by atoms with van der Waals surface area (Å²) in [6, 6.07) is -0.189. The summed E-state index contributed by atoms with van der Waals surface area (Å²) in [4.78, 5) is 15.6. The zero-order valence-electron chi connectivity index (χ0n) is 30.2. The normalized spacial score (nSPS) is 47.5. The molecule has 15 atom stereocenters. The summed E-state index contributed by atoms with van der Waals surface area (Å²) < 4.78 is 31.7. The number of hydrogen-bond donors (Lipinski definition) is 4. The lowest BCUT2D eigenvalue weighted by Gasteiger charge is -2.48. The smallest absolute Gasteiger partial charge is 0.311 e. The van der Waals surface area contributed by atoms with Gasteiger partial charge < -0.3 is 49.2 Å². The van der Waals surface area contributed by atoms with Crippen molar-refractivity contribution >= 4 is 5.97 Å². The lowest BCUT2D eigenvalue weighted by molar-refractivity contribution is -0.301. The molecule has 3 rings (SSSR count). The number of aliphatic hydroxyl groups excluding tert-OH is 2. The molecule has 0 radical (unpaired) electrons. The second kappa shape index (κ2) is 15.6. The van der Waals surface area contributed by atoms with Gasteiger partial charge >= 0.3 is 5.97 Å². The maximum absolute atomic E-state index is 13.7. The number of hydrogen-bond acceptors (Lipinski definition) is 11.